The molecule has 0 unspecified atom stereocenters. The van der Waals surface area contributed by atoms with Gasteiger partial charge in [0, 0.05) is 9.77 Å². The second-order valence-electron chi connectivity index (χ2n) is 3.52. The monoisotopic (exact) mass is 370 g/mol. The van der Waals surface area contributed by atoms with Crippen molar-refractivity contribution < 1.29 is 0 Å². The Hall–Kier alpha value is -1.52. The molecule has 0 amide bonds. The van der Waals surface area contributed by atoms with Crippen LogP contribution in [0, 0.1) is 14.9 Å². The molecule has 0 aliphatic rings. The Bertz CT molecular complexity index is 636. The van der Waals surface area contributed by atoms with E-state index in [-0.39, 0.29) is 0 Å². The van der Waals surface area contributed by atoms with Crippen LogP contribution in [0.3, 0.4) is 0 Å². The number of pyridine rings is 1. The van der Waals surface area contributed by atoms with Gasteiger partial charge in [-0.15, -0.1) is 0 Å². The minimum atomic E-state index is 0.406. The molecule has 0 aliphatic carbocycles. The SMILES string of the molecule is N#Cc1cnc(Nc2ccc(I)cc2Cl)c(N)c1. The molecule has 4 nitrogen and oxygen atoms in total. The average Bonchev–Trinajstić information content (AvgIpc) is 2.34. The molecule has 0 aliphatic heterocycles. The van der Waals surface area contributed by atoms with Gasteiger partial charge in [0.05, 0.1) is 22.0 Å². The van der Waals surface area contributed by atoms with Gasteiger partial charge in [-0.1, -0.05) is 11.6 Å². The standard InChI is InChI=1S/C12H8ClIN4/c13-9-4-8(14)1-2-11(9)18-12-10(16)3-7(5-15)6-17-12/h1-4,6H,16H2,(H,17,18). The molecule has 1 heterocycles. The van der Waals surface area contributed by atoms with E-state index < -0.39 is 0 Å². The van der Waals surface area contributed by atoms with Gasteiger partial charge in [-0.05, 0) is 46.9 Å². The van der Waals surface area contributed by atoms with E-state index in [1.807, 2.05) is 24.3 Å². The molecule has 0 saturated heterocycles. The highest BCUT2D eigenvalue weighted by atomic mass is 127. The summed E-state index contributed by atoms with van der Waals surface area (Å²) in [6.45, 7) is 0. The van der Waals surface area contributed by atoms with Crippen molar-refractivity contribution in [1.29, 1.82) is 5.26 Å². The third-order valence-corrected chi connectivity index (χ3v) is 3.21. The molecule has 0 bridgehead atoms. The van der Waals surface area contributed by atoms with E-state index in [4.69, 9.17) is 22.6 Å². The van der Waals surface area contributed by atoms with Crippen molar-refractivity contribution >= 4 is 51.4 Å². The first-order valence-corrected chi connectivity index (χ1v) is 6.43. The van der Waals surface area contributed by atoms with Crippen LogP contribution < -0.4 is 11.1 Å². The number of benzene rings is 1. The van der Waals surface area contributed by atoms with Crippen LogP contribution in [0.1, 0.15) is 5.56 Å². The van der Waals surface area contributed by atoms with Crippen LogP contribution in [0.2, 0.25) is 5.02 Å². The van der Waals surface area contributed by atoms with Gasteiger partial charge < -0.3 is 11.1 Å². The minimum Gasteiger partial charge on any atom is -0.396 e. The first-order chi connectivity index (χ1) is 8.60. The van der Waals surface area contributed by atoms with Gasteiger partial charge in [0.2, 0.25) is 0 Å². The predicted molar refractivity (Wildman–Crippen MR) is 80.8 cm³/mol. The minimum absolute atomic E-state index is 0.406. The van der Waals surface area contributed by atoms with Gasteiger partial charge in [0.15, 0.2) is 5.82 Å². The van der Waals surface area contributed by atoms with E-state index in [1.165, 1.54) is 6.20 Å². The molecule has 0 atom stereocenters. The lowest BCUT2D eigenvalue weighted by Crippen LogP contribution is -2.00. The topological polar surface area (TPSA) is 74.7 Å². The number of nitriles is 1. The van der Waals surface area contributed by atoms with Gasteiger partial charge in [0.25, 0.3) is 0 Å². The molecule has 2 rings (SSSR count). The largest absolute Gasteiger partial charge is 0.396 e. The lowest BCUT2D eigenvalue weighted by molar-refractivity contribution is 1.29. The fourth-order valence-corrected chi connectivity index (χ4v) is 2.27. The van der Waals surface area contributed by atoms with Gasteiger partial charge in [0.1, 0.15) is 6.07 Å². The fourth-order valence-electron chi connectivity index (χ4n) is 1.37. The number of hydrogen-bond donors (Lipinski definition) is 2. The van der Waals surface area contributed by atoms with E-state index in [1.54, 1.807) is 6.07 Å². The van der Waals surface area contributed by atoms with E-state index >= 15 is 0 Å². The summed E-state index contributed by atoms with van der Waals surface area (Å²) >= 11 is 8.28. The van der Waals surface area contributed by atoms with Crippen molar-refractivity contribution in [3.8, 4) is 6.07 Å². The first kappa shape index (κ1) is 12.9. The summed E-state index contributed by atoms with van der Waals surface area (Å²) in [5, 5.41) is 12.4. The van der Waals surface area contributed by atoms with Gasteiger partial charge >= 0.3 is 0 Å². The zero-order valence-corrected chi connectivity index (χ0v) is 12.0. The maximum Gasteiger partial charge on any atom is 0.153 e. The molecule has 1 aromatic heterocycles. The number of aromatic nitrogens is 1. The number of hydrogen-bond acceptors (Lipinski definition) is 4. The van der Waals surface area contributed by atoms with E-state index in [0.717, 1.165) is 9.26 Å². The van der Waals surface area contributed by atoms with E-state index in [2.05, 4.69) is 32.9 Å². The lowest BCUT2D eigenvalue weighted by Gasteiger charge is -2.10. The predicted octanol–water partition coefficient (Wildman–Crippen LogP) is 3.54. The summed E-state index contributed by atoms with van der Waals surface area (Å²) in [5.74, 6) is 0.483. The molecule has 3 N–H and O–H groups in total. The Morgan fingerprint density at radius 3 is 2.78 bits per heavy atom. The Labute approximate surface area is 123 Å². The van der Waals surface area contributed by atoms with Crippen molar-refractivity contribution in [3.63, 3.8) is 0 Å². The number of nitrogens with one attached hydrogen (secondary N) is 1. The summed E-state index contributed by atoms with van der Waals surface area (Å²) in [5.41, 5.74) is 7.36. The molecule has 0 saturated carbocycles. The van der Waals surface area contributed by atoms with Crippen LogP contribution in [0.15, 0.2) is 30.5 Å². The molecule has 2 aromatic rings. The quantitative estimate of drug-likeness (QED) is 0.793. The maximum absolute atomic E-state index is 8.73. The smallest absolute Gasteiger partial charge is 0.153 e. The molecule has 1 aromatic carbocycles. The highest BCUT2D eigenvalue weighted by molar-refractivity contribution is 14.1. The summed E-state index contributed by atoms with van der Waals surface area (Å²) in [7, 11) is 0. The van der Waals surface area contributed by atoms with Crippen LogP contribution in [0.4, 0.5) is 17.2 Å². The number of anilines is 3. The molecule has 0 radical (unpaired) electrons. The number of nitrogens with zero attached hydrogens (tertiary/aromatic N) is 2. The van der Waals surface area contributed by atoms with Crippen LogP contribution in [0.5, 0.6) is 0 Å². The van der Waals surface area contributed by atoms with Gasteiger partial charge in [-0.2, -0.15) is 5.26 Å². The summed E-state index contributed by atoms with van der Waals surface area (Å²) < 4.78 is 1.05. The van der Waals surface area contributed by atoms with E-state index in [0.29, 0.717) is 22.1 Å². The highest BCUT2D eigenvalue weighted by Crippen LogP contribution is 2.28. The van der Waals surface area contributed by atoms with E-state index in [9.17, 15) is 0 Å². The Kier molecular flexibility index (Phi) is 3.89. The first-order valence-electron chi connectivity index (χ1n) is 4.98. The molecule has 18 heavy (non-hydrogen) atoms. The summed E-state index contributed by atoms with van der Waals surface area (Å²) in [6, 6.07) is 9.16. The molecule has 0 fully saturated rings. The van der Waals surface area contributed by atoms with Crippen LogP contribution >= 0.6 is 34.2 Å². The third-order valence-electron chi connectivity index (χ3n) is 2.23. The second-order valence-corrected chi connectivity index (χ2v) is 5.18. The number of rotatable bonds is 2. The Morgan fingerprint density at radius 2 is 2.17 bits per heavy atom. The van der Waals surface area contributed by atoms with Crippen LogP contribution in [0.25, 0.3) is 0 Å². The van der Waals surface area contributed by atoms with Gasteiger partial charge in [-0.3, -0.25) is 0 Å². The summed E-state index contributed by atoms with van der Waals surface area (Å²) in [6.07, 6.45) is 1.46. The summed E-state index contributed by atoms with van der Waals surface area (Å²) in [4.78, 5) is 4.09. The maximum atomic E-state index is 8.73. The Morgan fingerprint density at radius 1 is 1.39 bits per heavy atom. The van der Waals surface area contributed by atoms with Crippen molar-refractivity contribution in [2.45, 2.75) is 0 Å². The number of nitrogen functional groups attached to an aromatic ring is 1. The molecule has 0 spiro atoms. The number of halogens is 2. The lowest BCUT2D eigenvalue weighted by atomic mass is 10.2. The zero-order valence-electron chi connectivity index (χ0n) is 9.11. The Balaban J connectivity index is 2.32. The normalized spacial score (nSPS) is 9.83. The highest BCUT2D eigenvalue weighted by Gasteiger charge is 2.06. The van der Waals surface area contributed by atoms with Crippen LogP contribution in [-0.4, -0.2) is 4.98 Å². The van der Waals surface area contributed by atoms with Crippen molar-refractivity contribution in [3.05, 3.63) is 44.6 Å². The van der Waals surface area contributed by atoms with Crippen molar-refractivity contribution in [2.24, 2.45) is 0 Å². The molecular formula is C12H8ClIN4. The molecule has 6 heteroatoms. The zero-order chi connectivity index (χ0) is 13.1. The van der Waals surface area contributed by atoms with Crippen LogP contribution in [-0.2, 0) is 0 Å². The second kappa shape index (κ2) is 5.42. The van der Waals surface area contributed by atoms with Crippen molar-refractivity contribution in [1.82, 2.24) is 4.98 Å². The van der Waals surface area contributed by atoms with Gasteiger partial charge in [-0.25, -0.2) is 4.98 Å². The molecule has 90 valence electrons. The third kappa shape index (κ3) is 2.83. The fraction of sp³-hybridized carbons (Fsp3) is 0. The molecular weight excluding hydrogens is 363 g/mol. The number of nitrogens with two attached hydrogens (primary N) is 1. The average molecular weight is 371 g/mol. The van der Waals surface area contributed by atoms with Crippen molar-refractivity contribution in [2.75, 3.05) is 11.1 Å².